The maximum atomic E-state index is 3.20. The van der Waals surface area contributed by atoms with Crippen LogP contribution in [0.1, 0.15) is 20.3 Å². The molecule has 0 bridgehead atoms. The zero-order valence-electron chi connectivity index (χ0n) is 5.99. The molecule has 2 atom stereocenters. The minimum Gasteiger partial charge on any atom is -0.319 e. The highest BCUT2D eigenvalue weighted by atomic mass is 14.8. The van der Waals surface area contributed by atoms with Gasteiger partial charge < -0.3 is 5.32 Å². The van der Waals surface area contributed by atoms with Crippen molar-refractivity contribution in [2.24, 2.45) is 11.3 Å². The third kappa shape index (κ3) is 0.873. The van der Waals surface area contributed by atoms with E-state index in [1.807, 2.05) is 7.05 Å². The molecule has 0 aromatic rings. The molecule has 8 heavy (non-hydrogen) atoms. The summed E-state index contributed by atoms with van der Waals surface area (Å²) >= 11 is 0. The molecule has 0 spiro atoms. The average Bonchev–Trinajstić information content (AvgIpc) is 2.16. The van der Waals surface area contributed by atoms with Crippen LogP contribution in [-0.4, -0.2) is 13.6 Å². The molecule has 0 aromatic carbocycles. The highest BCUT2D eigenvalue weighted by Gasteiger charge is 2.45. The van der Waals surface area contributed by atoms with Gasteiger partial charge in [0.1, 0.15) is 0 Å². The van der Waals surface area contributed by atoms with Crippen molar-refractivity contribution >= 4 is 0 Å². The number of hydrogen-bond acceptors (Lipinski definition) is 1. The van der Waals surface area contributed by atoms with Gasteiger partial charge in [0.2, 0.25) is 0 Å². The average molecular weight is 113 g/mol. The van der Waals surface area contributed by atoms with Gasteiger partial charge in [0.05, 0.1) is 0 Å². The summed E-state index contributed by atoms with van der Waals surface area (Å²) in [5.74, 6) is 0.954. The standard InChI is InChI=1S/C7H15N/c1-6-4-7(6,2)5-8-3/h6,8H,4-5H2,1-3H3. The maximum absolute atomic E-state index is 3.20. The Bertz CT molecular complexity index is 90.4. The van der Waals surface area contributed by atoms with Gasteiger partial charge in [0.25, 0.3) is 0 Å². The topological polar surface area (TPSA) is 12.0 Å². The predicted octanol–water partition coefficient (Wildman–Crippen LogP) is 1.25. The number of rotatable bonds is 2. The molecular formula is C7H15N. The Hall–Kier alpha value is -0.0400. The van der Waals surface area contributed by atoms with E-state index in [2.05, 4.69) is 19.2 Å². The van der Waals surface area contributed by atoms with Gasteiger partial charge in [0, 0.05) is 6.54 Å². The summed E-state index contributed by atoms with van der Waals surface area (Å²) < 4.78 is 0. The molecule has 1 aliphatic carbocycles. The molecule has 2 unspecified atom stereocenters. The van der Waals surface area contributed by atoms with Crippen molar-refractivity contribution in [2.45, 2.75) is 20.3 Å². The van der Waals surface area contributed by atoms with Crippen molar-refractivity contribution in [3.05, 3.63) is 0 Å². The molecule has 0 amide bonds. The minimum atomic E-state index is 0.648. The fourth-order valence-electron chi connectivity index (χ4n) is 1.29. The molecule has 0 aliphatic heterocycles. The maximum Gasteiger partial charge on any atom is 0.000482 e. The first-order valence-electron chi connectivity index (χ1n) is 3.33. The normalized spacial score (nSPS) is 44.6. The Balaban J connectivity index is 2.25. The van der Waals surface area contributed by atoms with Crippen molar-refractivity contribution in [3.8, 4) is 0 Å². The molecule has 48 valence electrons. The van der Waals surface area contributed by atoms with E-state index < -0.39 is 0 Å². The molecule has 1 nitrogen and oxygen atoms in total. The fourth-order valence-corrected chi connectivity index (χ4v) is 1.29. The zero-order valence-corrected chi connectivity index (χ0v) is 5.99. The van der Waals surface area contributed by atoms with Gasteiger partial charge in [-0.05, 0) is 24.8 Å². The summed E-state index contributed by atoms with van der Waals surface area (Å²) in [7, 11) is 2.02. The first kappa shape index (κ1) is 6.09. The molecule has 1 fully saturated rings. The summed E-state index contributed by atoms with van der Waals surface area (Å²) in [4.78, 5) is 0. The second-order valence-corrected chi connectivity index (χ2v) is 3.29. The molecular weight excluding hydrogens is 98.1 g/mol. The van der Waals surface area contributed by atoms with E-state index in [0.717, 1.165) is 5.92 Å². The van der Waals surface area contributed by atoms with Crippen molar-refractivity contribution in [1.82, 2.24) is 5.32 Å². The van der Waals surface area contributed by atoms with Crippen LogP contribution in [0.3, 0.4) is 0 Å². The van der Waals surface area contributed by atoms with E-state index in [1.54, 1.807) is 0 Å². The molecule has 1 saturated carbocycles. The molecule has 0 aromatic heterocycles. The Morgan fingerprint density at radius 3 is 2.38 bits per heavy atom. The van der Waals surface area contributed by atoms with Crippen LogP contribution in [0.25, 0.3) is 0 Å². The predicted molar refractivity (Wildman–Crippen MR) is 35.8 cm³/mol. The van der Waals surface area contributed by atoms with E-state index >= 15 is 0 Å². The molecule has 0 radical (unpaired) electrons. The second kappa shape index (κ2) is 1.73. The van der Waals surface area contributed by atoms with E-state index in [0.29, 0.717) is 5.41 Å². The molecule has 1 aliphatic rings. The summed E-state index contributed by atoms with van der Waals surface area (Å²) in [6.07, 6.45) is 1.41. The van der Waals surface area contributed by atoms with Crippen LogP contribution >= 0.6 is 0 Å². The lowest BCUT2D eigenvalue weighted by Gasteiger charge is -2.06. The van der Waals surface area contributed by atoms with E-state index in [1.165, 1.54) is 13.0 Å². The lowest BCUT2D eigenvalue weighted by Crippen LogP contribution is -2.18. The van der Waals surface area contributed by atoms with Crippen LogP contribution < -0.4 is 5.32 Å². The van der Waals surface area contributed by atoms with Gasteiger partial charge >= 0.3 is 0 Å². The Morgan fingerprint density at radius 2 is 2.25 bits per heavy atom. The van der Waals surface area contributed by atoms with Gasteiger partial charge in [-0.1, -0.05) is 13.8 Å². The summed E-state index contributed by atoms with van der Waals surface area (Å²) in [5, 5.41) is 3.20. The summed E-state index contributed by atoms with van der Waals surface area (Å²) in [5.41, 5.74) is 0.648. The van der Waals surface area contributed by atoms with Crippen molar-refractivity contribution < 1.29 is 0 Å². The fraction of sp³-hybridized carbons (Fsp3) is 1.00. The minimum absolute atomic E-state index is 0.648. The Kier molecular flexibility index (Phi) is 1.31. The van der Waals surface area contributed by atoms with E-state index in [4.69, 9.17) is 0 Å². The van der Waals surface area contributed by atoms with Gasteiger partial charge in [-0.15, -0.1) is 0 Å². The summed E-state index contributed by atoms with van der Waals surface area (Å²) in [6, 6.07) is 0. The molecule has 0 saturated heterocycles. The highest BCUT2D eigenvalue weighted by Crippen LogP contribution is 2.50. The second-order valence-electron chi connectivity index (χ2n) is 3.29. The van der Waals surface area contributed by atoms with Crippen molar-refractivity contribution in [1.29, 1.82) is 0 Å². The van der Waals surface area contributed by atoms with Gasteiger partial charge in [-0.3, -0.25) is 0 Å². The van der Waals surface area contributed by atoms with Crippen LogP contribution in [0.15, 0.2) is 0 Å². The monoisotopic (exact) mass is 113 g/mol. The third-order valence-corrected chi connectivity index (χ3v) is 2.38. The van der Waals surface area contributed by atoms with Gasteiger partial charge in [-0.2, -0.15) is 0 Å². The third-order valence-electron chi connectivity index (χ3n) is 2.38. The van der Waals surface area contributed by atoms with Gasteiger partial charge in [0.15, 0.2) is 0 Å². The smallest absolute Gasteiger partial charge is 0.000482 e. The molecule has 1 rings (SSSR count). The molecule has 1 N–H and O–H groups in total. The van der Waals surface area contributed by atoms with Crippen molar-refractivity contribution in [2.75, 3.05) is 13.6 Å². The largest absolute Gasteiger partial charge is 0.319 e. The SMILES string of the molecule is CNCC1(C)CC1C. The number of hydrogen-bond donors (Lipinski definition) is 1. The Morgan fingerprint density at radius 1 is 1.75 bits per heavy atom. The van der Waals surface area contributed by atoms with E-state index in [-0.39, 0.29) is 0 Å². The molecule has 1 heteroatoms. The number of nitrogens with one attached hydrogen (secondary N) is 1. The quantitative estimate of drug-likeness (QED) is 0.568. The summed E-state index contributed by atoms with van der Waals surface area (Å²) in [6.45, 7) is 5.85. The first-order chi connectivity index (χ1) is 3.69. The lowest BCUT2D eigenvalue weighted by molar-refractivity contribution is 0.490. The first-order valence-corrected chi connectivity index (χ1v) is 3.33. The highest BCUT2D eigenvalue weighted by molar-refractivity contribution is 4.96. The van der Waals surface area contributed by atoms with E-state index in [9.17, 15) is 0 Å². The van der Waals surface area contributed by atoms with Crippen LogP contribution in [0.4, 0.5) is 0 Å². The van der Waals surface area contributed by atoms with Crippen LogP contribution in [0, 0.1) is 11.3 Å². The molecule has 0 heterocycles. The van der Waals surface area contributed by atoms with Crippen molar-refractivity contribution in [3.63, 3.8) is 0 Å². The van der Waals surface area contributed by atoms with Gasteiger partial charge in [-0.25, -0.2) is 0 Å². The zero-order chi connectivity index (χ0) is 6.20. The van der Waals surface area contributed by atoms with Crippen LogP contribution in [0.2, 0.25) is 0 Å². The van der Waals surface area contributed by atoms with Crippen LogP contribution in [-0.2, 0) is 0 Å². The van der Waals surface area contributed by atoms with Crippen LogP contribution in [0.5, 0.6) is 0 Å². The Labute approximate surface area is 51.5 Å². The lowest BCUT2D eigenvalue weighted by atomic mass is 10.1.